The number of benzene rings is 1. The van der Waals surface area contributed by atoms with Crippen molar-refractivity contribution in [3.63, 3.8) is 0 Å². The summed E-state index contributed by atoms with van der Waals surface area (Å²) in [7, 11) is -3.59. The topological polar surface area (TPSA) is 61.9 Å². The predicted molar refractivity (Wildman–Crippen MR) is 94.3 cm³/mol. The Kier molecular flexibility index (Phi) is 5.48. The number of halogens is 1. The van der Waals surface area contributed by atoms with Crippen LogP contribution in [0, 0.1) is 0 Å². The molecular weight excluding hydrogens is 350 g/mol. The molecule has 1 aromatic rings. The standard InChI is InChI=1S/C16H24ClN3O3S/c1-12-11-23-13(2)10-20(12)24(21,22)19-8-7-18-9-16(19)14-5-3-4-6-15(14)17/h3-6,12-13,16,18H,7-11H2,1-2H3. The highest BCUT2D eigenvalue weighted by atomic mass is 35.5. The van der Waals surface area contributed by atoms with Gasteiger partial charge >= 0.3 is 0 Å². The lowest BCUT2D eigenvalue weighted by atomic mass is 10.1. The average molecular weight is 374 g/mol. The second-order valence-electron chi connectivity index (χ2n) is 6.42. The van der Waals surface area contributed by atoms with Crippen molar-refractivity contribution in [2.75, 3.05) is 32.8 Å². The lowest BCUT2D eigenvalue weighted by Gasteiger charge is -2.42. The molecule has 0 radical (unpaired) electrons. The van der Waals surface area contributed by atoms with Gasteiger partial charge in [-0.3, -0.25) is 0 Å². The molecule has 0 bridgehead atoms. The van der Waals surface area contributed by atoms with Crippen LogP contribution in [0.15, 0.2) is 24.3 Å². The van der Waals surface area contributed by atoms with Crippen molar-refractivity contribution < 1.29 is 13.2 Å². The van der Waals surface area contributed by atoms with E-state index in [1.54, 1.807) is 14.7 Å². The molecular formula is C16H24ClN3O3S. The lowest BCUT2D eigenvalue weighted by Crippen LogP contribution is -2.58. The smallest absolute Gasteiger partial charge is 0.283 e. The summed E-state index contributed by atoms with van der Waals surface area (Å²) in [6.07, 6.45) is -0.0994. The quantitative estimate of drug-likeness (QED) is 0.875. The van der Waals surface area contributed by atoms with Gasteiger partial charge in [-0.25, -0.2) is 0 Å². The fourth-order valence-corrected chi connectivity index (χ4v) is 5.58. The Labute approximate surface area is 148 Å². The minimum Gasteiger partial charge on any atom is -0.375 e. The molecule has 24 heavy (non-hydrogen) atoms. The fraction of sp³-hybridized carbons (Fsp3) is 0.625. The van der Waals surface area contributed by atoms with Gasteiger partial charge in [0.05, 0.1) is 18.8 Å². The maximum absolute atomic E-state index is 13.3. The molecule has 0 saturated carbocycles. The average Bonchev–Trinajstić information content (AvgIpc) is 2.57. The Balaban J connectivity index is 1.93. The van der Waals surface area contributed by atoms with Crippen molar-refractivity contribution in [1.29, 1.82) is 0 Å². The molecule has 2 aliphatic rings. The second-order valence-corrected chi connectivity index (χ2v) is 8.66. The summed E-state index contributed by atoms with van der Waals surface area (Å²) in [5, 5.41) is 3.87. The highest BCUT2D eigenvalue weighted by Crippen LogP contribution is 2.32. The summed E-state index contributed by atoms with van der Waals surface area (Å²) in [5.41, 5.74) is 0.837. The van der Waals surface area contributed by atoms with Crippen LogP contribution in [0.25, 0.3) is 0 Å². The van der Waals surface area contributed by atoms with E-state index in [1.165, 1.54) is 0 Å². The summed E-state index contributed by atoms with van der Waals surface area (Å²) in [4.78, 5) is 0. The number of ether oxygens (including phenoxy) is 1. The first-order valence-electron chi connectivity index (χ1n) is 8.26. The number of rotatable bonds is 3. The maximum Gasteiger partial charge on any atom is 0.283 e. The molecule has 0 amide bonds. The Morgan fingerprint density at radius 1 is 1.25 bits per heavy atom. The van der Waals surface area contributed by atoms with Gasteiger partial charge in [-0.1, -0.05) is 29.8 Å². The monoisotopic (exact) mass is 373 g/mol. The van der Waals surface area contributed by atoms with E-state index < -0.39 is 10.2 Å². The van der Waals surface area contributed by atoms with Crippen molar-refractivity contribution >= 4 is 21.8 Å². The molecule has 1 aromatic carbocycles. The van der Waals surface area contributed by atoms with Gasteiger partial charge in [0.15, 0.2) is 0 Å². The van der Waals surface area contributed by atoms with E-state index in [9.17, 15) is 8.42 Å². The van der Waals surface area contributed by atoms with Crippen molar-refractivity contribution in [3.05, 3.63) is 34.9 Å². The number of nitrogens with one attached hydrogen (secondary N) is 1. The number of morpholine rings is 1. The lowest BCUT2D eigenvalue weighted by molar-refractivity contribution is -0.0198. The van der Waals surface area contributed by atoms with Gasteiger partial charge in [-0.15, -0.1) is 0 Å². The number of nitrogens with zero attached hydrogens (tertiary/aromatic N) is 2. The third kappa shape index (κ3) is 3.47. The summed E-state index contributed by atoms with van der Waals surface area (Å²) in [6.45, 7) is 6.20. The highest BCUT2D eigenvalue weighted by Gasteiger charge is 2.41. The van der Waals surface area contributed by atoms with E-state index in [2.05, 4.69) is 5.32 Å². The minimum atomic E-state index is -3.59. The molecule has 134 valence electrons. The summed E-state index contributed by atoms with van der Waals surface area (Å²) in [6, 6.07) is 6.96. The minimum absolute atomic E-state index is 0.0994. The number of hydrogen-bond acceptors (Lipinski definition) is 4. The van der Waals surface area contributed by atoms with Crippen LogP contribution in [0.3, 0.4) is 0 Å². The van der Waals surface area contributed by atoms with E-state index >= 15 is 0 Å². The zero-order chi connectivity index (χ0) is 17.3. The van der Waals surface area contributed by atoms with E-state index in [0.717, 1.165) is 5.56 Å². The maximum atomic E-state index is 13.3. The molecule has 3 unspecified atom stereocenters. The Morgan fingerprint density at radius 2 is 2.00 bits per heavy atom. The molecule has 8 heteroatoms. The van der Waals surface area contributed by atoms with E-state index in [-0.39, 0.29) is 18.2 Å². The molecule has 2 heterocycles. The van der Waals surface area contributed by atoms with Crippen molar-refractivity contribution in [1.82, 2.24) is 13.9 Å². The Bertz CT molecular complexity index is 685. The van der Waals surface area contributed by atoms with Crippen molar-refractivity contribution in [3.8, 4) is 0 Å². The van der Waals surface area contributed by atoms with E-state index in [0.29, 0.717) is 37.8 Å². The molecule has 2 saturated heterocycles. The Morgan fingerprint density at radius 3 is 2.75 bits per heavy atom. The summed E-state index contributed by atoms with van der Waals surface area (Å²) in [5.74, 6) is 0. The molecule has 3 atom stereocenters. The van der Waals surface area contributed by atoms with Crippen LogP contribution in [0.2, 0.25) is 5.02 Å². The molecule has 6 nitrogen and oxygen atoms in total. The first-order valence-corrected chi connectivity index (χ1v) is 10.0. The van der Waals surface area contributed by atoms with Crippen LogP contribution in [0.1, 0.15) is 25.5 Å². The zero-order valence-corrected chi connectivity index (χ0v) is 15.6. The van der Waals surface area contributed by atoms with Gasteiger partial charge < -0.3 is 10.1 Å². The van der Waals surface area contributed by atoms with Crippen LogP contribution >= 0.6 is 11.6 Å². The third-order valence-electron chi connectivity index (χ3n) is 4.60. The van der Waals surface area contributed by atoms with Crippen molar-refractivity contribution in [2.24, 2.45) is 0 Å². The largest absolute Gasteiger partial charge is 0.375 e. The summed E-state index contributed by atoms with van der Waals surface area (Å²) >= 11 is 6.33. The fourth-order valence-electron chi connectivity index (χ4n) is 3.30. The molecule has 1 N–H and O–H groups in total. The Hall–Kier alpha value is -0.700. The zero-order valence-electron chi connectivity index (χ0n) is 14.0. The number of hydrogen-bond donors (Lipinski definition) is 1. The van der Waals surface area contributed by atoms with Gasteiger partial charge in [-0.05, 0) is 25.5 Å². The van der Waals surface area contributed by atoms with E-state index in [1.807, 2.05) is 32.0 Å². The molecule has 0 aromatic heterocycles. The van der Waals surface area contributed by atoms with Crippen LogP contribution in [0.4, 0.5) is 0 Å². The molecule has 0 aliphatic carbocycles. The van der Waals surface area contributed by atoms with E-state index in [4.69, 9.17) is 16.3 Å². The summed E-state index contributed by atoms with van der Waals surface area (Å²) < 4.78 is 35.4. The molecule has 0 spiro atoms. The van der Waals surface area contributed by atoms with Gasteiger partial charge in [-0.2, -0.15) is 17.0 Å². The normalized spacial score (nSPS) is 30.4. The predicted octanol–water partition coefficient (Wildman–Crippen LogP) is 1.64. The number of piperazine rings is 1. The highest BCUT2D eigenvalue weighted by molar-refractivity contribution is 7.86. The molecule has 3 rings (SSSR count). The van der Waals surface area contributed by atoms with Crippen LogP contribution in [-0.2, 0) is 14.9 Å². The van der Waals surface area contributed by atoms with Gasteiger partial charge in [0.25, 0.3) is 10.2 Å². The molecule has 2 aliphatic heterocycles. The van der Waals surface area contributed by atoms with Crippen LogP contribution in [0.5, 0.6) is 0 Å². The van der Waals surface area contributed by atoms with Gasteiger partial charge in [0.2, 0.25) is 0 Å². The second kappa shape index (κ2) is 7.27. The van der Waals surface area contributed by atoms with Crippen LogP contribution in [-0.4, -0.2) is 62.0 Å². The van der Waals surface area contributed by atoms with Crippen molar-refractivity contribution in [2.45, 2.75) is 32.0 Å². The van der Waals surface area contributed by atoms with Gasteiger partial charge in [0.1, 0.15) is 0 Å². The van der Waals surface area contributed by atoms with Gasteiger partial charge in [0, 0.05) is 37.2 Å². The van der Waals surface area contributed by atoms with Crippen LogP contribution < -0.4 is 5.32 Å². The first-order chi connectivity index (χ1) is 11.4. The SMILES string of the molecule is CC1CN(S(=O)(=O)N2CCNCC2c2ccccc2Cl)C(C)CO1. The molecule has 2 fully saturated rings. The first kappa shape index (κ1) is 18.1. The third-order valence-corrected chi connectivity index (χ3v) is 7.08.